The summed E-state index contributed by atoms with van der Waals surface area (Å²) in [6.45, 7) is 9.35. The van der Waals surface area contributed by atoms with Crippen molar-refractivity contribution in [1.82, 2.24) is 15.0 Å². The molecule has 1 aromatic carbocycles. The number of nitrogens with zero attached hydrogens (tertiary/aromatic N) is 3. The number of esters is 1. The normalized spacial score (nSPS) is 12.1. The molecule has 0 bridgehead atoms. The third kappa shape index (κ3) is 5.53. The van der Waals surface area contributed by atoms with E-state index in [0.29, 0.717) is 22.6 Å². The fourth-order valence-electron chi connectivity index (χ4n) is 2.82. The summed E-state index contributed by atoms with van der Waals surface area (Å²) in [6, 6.07) is 10.7. The fraction of sp³-hybridized carbons (Fsp3) is 0.348. The van der Waals surface area contributed by atoms with E-state index in [9.17, 15) is 9.59 Å². The summed E-state index contributed by atoms with van der Waals surface area (Å²) >= 11 is 0. The minimum absolute atomic E-state index is 0.0943. The van der Waals surface area contributed by atoms with E-state index in [2.05, 4.69) is 25.6 Å². The van der Waals surface area contributed by atoms with Crippen LogP contribution in [0.25, 0.3) is 10.9 Å². The first-order chi connectivity index (χ1) is 14.7. The second-order valence-corrected chi connectivity index (χ2v) is 7.88. The molecule has 0 spiro atoms. The SMILES string of the molecule is CC(C)Nc1nc([C@@H](C)OC(=O)c2ccccc2)cc2cnc(NC(=O)C(C)C)nc12. The number of carbonyl (C=O) groups excluding carboxylic acids is 2. The molecule has 0 unspecified atom stereocenters. The molecule has 162 valence electrons. The van der Waals surface area contributed by atoms with Crippen LogP contribution >= 0.6 is 0 Å². The number of benzene rings is 1. The Balaban J connectivity index is 1.93. The number of anilines is 2. The molecule has 0 fully saturated rings. The summed E-state index contributed by atoms with van der Waals surface area (Å²) in [4.78, 5) is 37.8. The lowest BCUT2D eigenvalue weighted by molar-refractivity contribution is -0.118. The predicted octanol–water partition coefficient (Wildman–Crippen LogP) is 4.36. The molecule has 3 aromatic rings. The van der Waals surface area contributed by atoms with E-state index >= 15 is 0 Å². The highest BCUT2D eigenvalue weighted by atomic mass is 16.5. The maximum atomic E-state index is 12.4. The van der Waals surface area contributed by atoms with Crippen LogP contribution in [0.3, 0.4) is 0 Å². The molecule has 0 saturated heterocycles. The number of fused-ring (bicyclic) bond motifs is 1. The van der Waals surface area contributed by atoms with E-state index in [-0.39, 0.29) is 23.8 Å². The molecule has 31 heavy (non-hydrogen) atoms. The van der Waals surface area contributed by atoms with Gasteiger partial charge in [-0.25, -0.2) is 19.7 Å². The maximum absolute atomic E-state index is 12.4. The quantitative estimate of drug-likeness (QED) is 0.546. The van der Waals surface area contributed by atoms with Crippen molar-refractivity contribution in [2.75, 3.05) is 10.6 Å². The molecule has 8 heteroatoms. The first kappa shape index (κ1) is 22.1. The van der Waals surface area contributed by atoms with Gasteiger partial charge >= 0.3 is 5.97 Å². The summed E-state index contributed by atoms with van der Waals surface area (Å²) in [5, 5.41) is 6.71. The summed E-state index contributed by atoms with van der Waals surface area (Å²) in [7, 11) is 0. The number of pyridine rings is 1. The molecule has 0 radical (unpaired) electrons. The number of hydrogen-bond donors (Lipinski definition) is 2. The number of carbonyl (C=O) groups is 2. The number of ether oxygens (including phenoxy) is 1. The molecule has 2 aromatic heterocycles. The highest BCUT2D eigenvalue weighted by Crippen LogP contribution is 2.27. The Labute approximate surface area is 181 Å². The first-order valence-corrected chi connectivity index (χ1v) is 10.3. The van der Waals surface area contributed by atoms with Gasteiger partial charge in [-0.2, -0.15) is 0 Å². The summed E-state index contributed by atoms with van der Waals surface area (Å²) in [5.74, 6) is -0.0167. The van der Waals surface area contributed by atoms with Crippen molar-refractivity contribution in [3.8, 4) is 0 Å². The van der Waals surface area contributed by atoms with Crippen molar-refractivity contribution >= 4 is 34.5 Å². The average molecular weight is 422 g/mol. The Morgan fingerprint density at radius 1 is 1.00 bits per heavy atom. The van der Waals surface area contributed by atoms with Crippen LogP contribution in [-0.2, 0) is 9.53 Å². The smallest absolute Gasteiger partial charge is 0.338 e. The Bertz CT molecular complexity index is 1080. The molecule has 1 atom stereocenters. The largest absolute Gasteiger partial charge is 0.453 e. The topological polar surface area (TPSA) is 106 Å². The van der Waals surface area contributed by atoms with Crippen LogP contribution in [0, 0.1) is 5.92 Å². The van der Waals surface area contributed by atoms with Crippen LogP contribution in [0.4, 0.5) is 11.8 Å². The summed E-state index contributed by atoms with van der Waals surface area (Å²) in [6.07, 6.45) is 1.05. The van der Waals surface area contributed by atoms with Gasteiger partial charge in [0.25, 0.3) is 0 Å². The second kappa shape index (κ2) is 9.51. The van der Waals surface area contributed by atoms with E-state index in [1.54, 1.807) is 57.3 Å². The van der Waals surface area contributed by atoms with Crippen LogP contribution in [0.5, 0.6) is 0 Å². The van der Waals surface area contributed by atoms with Crippen molar-refractivity contribution in [3.63, 3.8) is 0 Å². The van der Waals surface area contributed by atoms with Crippen LogP contribution in [0.15, 0.2) is 42.6 Å². The van der Waals surface area contributed by atoms with Gasteiger partial charge in [-0.3, -0.25) is 10.1 Å². The number of rotatable bonds is 7. The van der Waals surface area contributed by atoms with Crippen LogP contribution in [0.2, 0.25) is 0 Å². The molecule has 3 rings (SSSR count). The number of hydrogen-bond acceptors (Lipinski definition) is 7. The fourth-order valence-corrected chi connectivity index (χ4v) is 2.82. The van der Waals surface area contributed by atoms with Crippen molar-refractivity contribution in [1.29, 1.82) is 0 Å². The highest BCUT2D eigenvalue weighted by molar-refractivity contribution is 5.93. The molecule has 0 saturated carbocycles. The summed E-state index contributed by atoms with van der Waals surface area (Å²) < 4.78 is 5.61. The zero-order chi connectivity index (χ0) is 22.5. The van der Waals surface area contributed by atoms with Gasteiger partial charge < -0.3 is 10.1 Å². The van der Waals surface area contributed by atoms with Gasteiger partial charge in [-0.1, -0.05) is 32.0 Å². The van der Waals surface area contributed by atoms with Crippen molar-refractivity contribution in [3.05, 3.63) is 53.9 Å². The minimum atomic E-state index is -0.579. The van der Waals surface area contributed by atoms with E-state index in [1.165, 1.54) is 0 Å². The molecule has 0 aliphatic rings. The van der Waals surface area contributed by atoms with Gasteiger partial charge in [0.15, 0.2) is 5.82 Å². The lowest BCUT2D eigenvalue weighted by Crippen LogP contribution is -2.20. The lowest BCUT2D eigenvalue weighted by atomic mass is 10.1. The molecule has 0 aliphatic carbocycles. The number of amides is 1. The molecule has 8 nitrogen and oxygen atoms in total. The first-order valence-electron chi connectivity index (χ1n) is 10.3. The predicted molar refractivity (Wildman–Crippen MR) is 120 cm³/mol. The molecule has 1 amide bonds. The zero-order valence-electron chi connectivity index (χ0n) is 18.3. The van der Waals surface area contributed by atoms with Gasteiger partial charge in [-0.05, 0) is 39.0 Å². The van der Waals surface area contributed by atoms with E-state index < -0.39 is 12.1 Å². The van der Waals surface area contributed by atoms with E-state index in [0.717, 1.165) is 5.39 Å². The Kier molecular flexibility index (Phi) is 6.79. The van der Waals surface area contributed by atoms with E-state index in [1.807, 2.05) is 19.9 Å². The van der Waals surface area contributed by atoms with Gasteiger partial charge in [0, 0.05) is 23.5 Å². The van der Waals surface area contributed by atoms with Gasteiger partial charge in [0.2, 0.25) is 11.9 Å². The zero-order valence-corrected chi connectivity index (χ0v) is 18.3. The summed E-state index contributed by atoms with van der Waals surface area (Å²) in [5.41, 5.74) is 1.63. The van der Waals surface area contributed by atoms with Crippen molar-refractivity contribution in [2.45, 2.75) is 46.8 Å². The Morgan fingerprint density at radius 3 is 2.35 bits per heavy atom. The van der Waals surface area contributed by atoms with Gasteiger partial charge in [0.1, 0.15) is 11.6 Å². The van der Waals surface area contributed by atoms with Crippen LogP contribution in [-0.4, -0.2) is 32.9 Å². The van der Waals surface area contributed by atoms with Crippen LogP contribution < -0.4 is 10.6 Å². The van der Waals surface area contributed by atoms with Gasteiger partial charge in [-0.15, -0.1) is 0 Å². The molecular weight excluding hydrogens is 394 g/mol. The van der Waals surface area contributed by atoms with E-state index in [4.69, 9.17) is 4.74 Å². The van der Waals surface area contributed by atoms with Crippen molar-refractivity contribution < 1.29 is 14.3 Å². The highest BCUT2D eigenvalue weighted by Gasteiger charge is 2.19. The Morgan fingerprint density at radius 2 is 1.71 bits per heavy atom. The number of aromatic nitrogens is 3. The third-order valence-electron chi connectivity index (χ3n) is 4.48. The lowest BCUT2D eigenvalue weighted by Gasteiger charge is -2.17. The van der Waals surface area contributed by atoms with Crippen molar-refractivity contribution in [2.24, 2.45) is 5.92 Å². The molecular formula is C23H27N5O3. The second-order valence-electron chi connectivity index (χ2n) is 7.88. The third-order valence-corrected chi connectivity index (χ3v) is 4.48. The number of nitrogens with one attached hydrogen (secondary N) is 2. The average Bonchev–Trinajstić information content (AvgIpc) is 2.73. The molecule has 2 N–H and O–H groups in total. The molecule has 2 heterocycles. The van der Waals surface area contributed by atoms with Gasteiger partial charge in [0.05, 0.1) is 11.3 Å². The van der Waals surface area contributed by atoms with Crippen LogP contribution in [0.1, 0.15) is 56.8 Å². The minimum Gasteiger partial charge on any atom is -0.453 e. The Hall–Kier alpha value is -3.55. The maximum Gasteiger partial charge on any atom is 0.338 e. The standard InChI is InChI=1S/C23H27N5O3/c1-13(2)21(29)28-23-24-12-17-11-18(26-20(19(17)27-23)25-14(3)4)15(5)31-22(30)16-9-7-6-8-10-16/h6-15H,1-5H3,(H,25,26)(H,24,27,28,29)/t15-/m1/s1. The molecule has 0 aliphatic heterocycles. The monoisotopic (exact) mass is 421 g/mol.